The molecule has 0 aliphatic heterocycles. The highest BCUT2D eigenvalue weighted by molar-refractivity contribution is 5.92. The van der Waals surface area contributed by atoms with Crippen molar-refractivity contribution in [3.05, 3.63) is 18.2 Å². The highest BCUT2D eigenvalue weighted by Gasteiger charge is 2.23. The van der Waals surface area contributed by atoms with Gasteiger partial charge in [-0.15, -0.1) is 0 Å². The quantitative estimate of drug-likeness (QED) is 0.497. The molecule has 1 heterocycles. The van der Waals surface area contributed by atoms with E-state index in [0.717, 1.165) is 6.42 Å². The van der Waals surface area contributed by atoms with Gasteiger partial charge in [0.2, 0.25) is 0 Å². The Morgan fingerprint density at radius 2 is 1.74 bits per heavy atom. The van der Waals surface area contributed by atoms with Crippen LogP contribution in [0.3, 0.4) is 0 Å². The monoisotopic (exact) mass is 321 g/mol. The van der Waals surface area contributed by atoms with E-state index in [1.54, 1.807) is 12.5 Å². The van der Waals surface area contributed by atoms with Crippen molar-refractivity contribution < 1.29 is 4.79 Å². The first-order valence-electron chi connectivity index (χ1n) is 9.52. The summed E-state index contributed by atoms with van der Waals surface area (Å²) in [6.45, 7) is 6.71. The number of aromatic nitrogens is 2. The summed E-state index contributed by atoms with van der Waals surface area (Å²) in [4.78, 5) is 19.3. The van der Waals surface area contributed by atoms with Crippen molar-refractivity contribution in [2.75, 3.05) is 0 Å². The summed E-state index contributed by atoms with van der Waals surface area (Å²) in [5, 5.41) is 3.27. The molecular formula is C19H35N3O. The van der Waals surface area contributed by atoms with Gasteiger partial charge in [-0.3, -0.25) is 4.79 Å². The number of aromatic amines is 1. The minimum Gasteiger partial charge on any atom is -0.350 e. The van der Waals surface area contributed by atoms with Crippen LogP contribution in [0.2, 0.25) is 0 Å². The molecule has 1 amide bonds. The van der Waals surface area contributed by atoms with E-state index < -0.39 is 0 Å². The van der Waals surface area contributed by atoms with E-state index in [1.807, 2.05) is 0 Å². The second-order valence-electron chi connectivity index (χ2n) is 6.57. The predicted octanol–water partition coefficient (Wildman–Crippen LogP) is 5.09. The lowest BCUT2D eigenvalue weighted by molar-refractivity contribution is 0.0908. The highest BCUT2D eigenvalue weighted by atomic mass is 16.2. The fraction of sp³-hybridized carbons (Fsp3) is 0.789. The normalized spacial score (nSPS) is 13.7. The van der Waals surface area contributed by atoms with E-state index in [9.17, 15) is 4.79 Å². The van der Waals surface area contributed by atoms with Crippen molar-refractivity contribution >= 4 is 5.91 Å². The number of unbranched alkanes of at least 4 members (excludes halogenated alkanes) is 4. The third kappa shape index (κ3) is 7.67. The third-order valence-corrected chi connectivity index (χ3v) is 4.57. The number of nitrogens with one attached hydrogen (secondary N) is 2. The zero-order chi connectivity index (χ0) is 16.9. The SMILES string of the molecule is CCCCCC(CCC)C(CCCCC)NC(=O)c1c[nH]cn1. The number of nitrogens with zero attached hydrogens (tertiary/aromatic N) is 1. The number of amides is 1. The fourth-order valence-electron chi connectivity index (χ4n) is 3.24. The minimum absolute atomic E-state index is 0.0376. The Hall–Kier alpha value is -1.32. The van der Waals surface area contributed by atoms with Crippen LogP contribution in [0.5, 0.6) is 0 Å². The number of rotatable bonds is 13. The fourth-order valence-corrected chi connectivity index (χ4v) is 3.24. The molecule has 0 aliphatic rings. The Balaban J connectivity index is 2.67. The van der Waals surface area contributed by atoms with E-state index in [-0.39, 0.29) is 11.9 Å². The summed E-state index contributed by atoms with van der Waals surface area (Å²) >= 11 is 0. The molecule has 2 N–H and O–H groups in total. The van der Waals surface area contributed by atoms with Gasteiger partial charge in [0, 0.05) is 12.2 Å². The molecule has 0 saturated heterocycles. The molecule has 132 valence electrons. The van der Waals surface area contributed by atoms with Crippen LogP contribution in [-0.4, -0.2) is 21.9 Å². The van der Waals surface area contributed by atoms with Crippen molar-refractivity contribution in [2.45, 2.75) is 91.0 Å². The first-order valence-corrected chi connectivity index (χ1v) is 9.52. The van der Waals surface area contributed by atoms with E-state index in [4.69, 9.17) is 0 Å². The van der Waals surface area contributed by atoms with E-state index >= 15 is 0 Å². The van der Waals surface area contributed by atoms with Crippen molar-refractivity contribution in [3.63, 3.8) is 0 Å². The topological polar surface area (TPSA) is 57.8 Å². The number of carbonyl (C=O) groups is 1. The van der Waals surface area contributed by atoms with Crippen LogP contribution in [0.4, 0.5) is 0 Å². The first-order chi connectivity index (χ1) is 11.2. The average molecular weight is 322 g/mol. The second-order valence-corrected chi connectivity index (χ2v) is 6.57. The third-order valence-electron chi connectivity index (χ3n) is 4.57. The summed E-state index contributed by atoms with van der Waals surface area (Å²) in [5.74, 6) is 0.552. The van der Waals surface area contributed by atoms with Gasteiger partial charge in [-0.2, -0.15) is 0 Å². The van der Waals surface area contributed by atoms with E-state index in [0.29, 0.717) is 11.6 Å². The Bertz CT molecular complexity index is 403. The van der Waals surface area contributed by atoms with Gasteiger partial charge >= 0.3 is 0 Å². The number of imidazole rings is 1. The second kappa shape index (κ2) is 12.1. The number of carbonyl (C=O) groups excluding carboxylic acids is 1. The van der Waals surface area contributed by atoms with Gasteiger partial charge in [0.15, 0.2) is 0 Å². The van der Waals surface area contributed by atoms with Crippen LogP contribution in [-0.2, 0) is 0 Å². The molecule has 1 aromatic rings. The van der Waals surface area contributed by atoms with E-state index in [2.05, 4.69) is 36.1 Å². The zero-order valence-corrected chi connectivity index (χ0v) is 15.2. The molecular weight excluding hydrogens is 286 g/mol. The largest absolute Gasteiger partial charge is 0.350 e. The lowest BCUT2D eigenvalue weighted by atomic mass is 9.86. The van der Waals surface area contributed by atoms with Crippen molar-refractivity contribution in [3.8, 4) is 0 Å². The average Bonchev–Trinajstić information content (AvgIpc) is 3.08. The summed E-state index contributed by atoms with van der Waals surface area (Å²) < 4.78 is 0. The molecule has 0 saturated carbocycles. The standard InChI is InChI=1S/C19H35N3O/c1-4-7-9-12-16(11-6-3)17(13-10-8-5-2)22-19(23)18-14-20-15-21-18/h14-17H,4-13H2,1-3H3,(H,20,21)(H,22,23). The Labute approximate surface area is 141 Å². The van der Waals surface area contributed by atoms with Crippen LogP contribution in [0.25, 0.3) is 0 Å². The van der Waals surface area contributed by atoms with Crippen molar-refractivity contribution in [1.29, 1.82) is 0 Å². The Morgan fingerprint density at radius 1 is 1.04 bits per heavy atom. The van der Waals surface area contributed by atoms with Gasteiger partial charge in [0.05, 0.1) is 6.33 Å². The predicted molar refractivity (Wildman–Crippen MR) is 96.5 cm³/mol. The maximum absolute atomic E-state index is 12.4. The van der Waals surface area contributed by atoms with Crippen LogP contribution >= 0.6 is 0 Å². The smallest absolute Gasteiger partial charge is 0.271 e. The summed E-state index contributed by atoms with van der Waals surface area (Å²) in [5.41, 5.74) is 0.495. The van der Waals surface area contributed by atoms with Gasteiger partial charge in [-0.1, -0.05) is 65.7 Å². The summed E-state index contributed by atoms with van der Waals surface area (Å²) in [6.07, 6.45) is 15.4. The van der Waals surface area contributed by atoms with Crippen LogP contribution in [0.1, 0.15) is 95.5 Å². The first kappa shape index (κ1) is 19.7. The molecule has 4 nitrogen and oxygen atoms in total. The molecule has 0 fully saturated rings. The van der Waals surface area contributed by atoms with Crippen LogP contribution in [0, 0.1) is 5.92 Å². The number of hydrogen-bond acceptors (Lipinski definition) is 2. The lowest BCUT2D eigenvalue weighted by Crippen LogP contribution is -2.40. The van der Waals surface area contributed by atoms with Crippen molar-refractivity contribution in [1.82, 2.24) is 15.3 Å². The summed E-state index contributed by atoms with van der Waals surface area (Å²) in [6, 6.07) is 0.280. The summed E-state index contributed by atoms with van der Waals surface area (Å²) in [7, 11) is 0. The Morgan fingerprint density at radius 3 is 2.30 bits per heavy atom. The zero-order valence-electron chi connectivity index (χ0n) is 15.2. The minimum atomic E-state index is -0.0376. The van der Waals surface area contributed by atoms with Gasteiger partial charge < -0.3 is 10.3 Å². The molecule has 2 unspecified atom stereocenters. The van der Waals surface area contributed by atoms with Crippen molar-refractivity contribution in [2.24, 2.45) is 5.92 Å². The molecule has 4 heteroatoms. The van der Waals surface area contributed by atoms with Gasteiger partial charge in [0.25, 0.3) is 5.91 Å². The maximum atomic E-state index is 12.4. The highest BCUT2D eigenvalue weighted by Crippen LogP contribution is 2.23. The lowest BCUT2D eigenvalue weighted by Gasteiger charge is -2.28. The van der Waals surface area contributed by atoms with Gasteiger partial charge in [0.1, 0.15) is 5.69 Å². The molecule has 1 aromatic heterocycles. The van der Waals surface area contributed by atoms with Crippen LogP contribution < -0.4 is 5.32 Å². The van der Waals surface area contributed by atoms with Gasteiger partial charge in [-0.05, 0) is 25.2 Å². The van der Waals surface area contributed by atoms with Crippen LogP contribution in [0.15, 0.2) is 12.5 Å². The van der Waals surface area contributed by atoms with E-state index in [1.165, 1.54) is 57.8 Å². The molecule has 0 aromatic carbocycles. The molecule has 0 bridgehead atoms. The Kier molecular flexibility index (Phi) is 10.4. The maximum Gasteiger partial charge on any atom is 0.271 e. The molecule has 1 rings (SSSR count). The number of H-pyrrole nitrogens is 1. The molecule has 0 spiro atoms. The molecule has 0 radical (unpaired) electrons. The molecule has 2 atom stereocenters. The van der Waals surface area contributed by atoms with Gasteiger partial charge in [-0.25, -0.2) is 4.98 Å². The molecule has 23 heavy (non-hydrogen) atoms. The molecule has 0 aliphatic carbocycles. The number of hydrogen-bond donors (Lipinski definition) is 2.